The molecule has 1 aliphatic heterocycles. The van der Waals surface area contributed by atoms with E-state index in [9.17, 15) is 0 Å². The molecule has 0 amide bonds. The number of benzene rings is 6. The van der Waals surface area contributed by atoms with Crippen LogP contribution in [0.4, 0.5) is 17.1 Å². The second-order valence-corrected chi connectivity index (χ2v) is 12.7. The molecule has 0 bridgehead atoms. The summed E-state index contributed by atoms with van der Waals surface area (Å²) < 4.78 is 10.9. The van der Waals surface area contributed by atoms with Gasteiger partial charge in [-0.05, 0) is 60.0 Å². The molecular weight excluding hydrogens is 822 g/mol. The molecular formula is C45H30N5OPt-3. The number of para-hydroxylation sites is 3. The Balaban J connectivity index is 0.00000360. The van der Waals surface area contributed by atoms with E-state index in [1.807, 2.05) is 42.6 Å². The number of nitrogens with zero attached hydrogens (tertiary/aromatic N) is 5. The molecule has 6 nitrogen and oxygen atoms in total. The molecule has 3 aromatic heterocycles. The van der Waals surface area contributed by atoms with Crippen LogP contribution in [0.5, 0.6) is 11.5 Å². The van der Waals surface area contributed by atoms with Gasteiger partial charge in [0, 0.05) is 79.0 Å². The van der Waals surface area contributed by atoms with Gasteiger partial charge in [0.25, 0.3) is 0 Å². The summed E-state index contributed by atoms with van der Waals surface area (Å²) in [4.78, 5) is 9.24. The van der Waals surface area contributed by atoms with Gasteiger partial charge in [-0.2, -0.15) is 18.8 Å². The van der Waals surface area contributed by atoms with E-state index >= 15 is 0 Å². The zero-order valence-corrected chi connectivity index (χ0v) is 30.3. The van der Waals surface area contributed by atoms with Gasteiger partial charge in [-0.15, -0.1) is 41.4 Å². The van der Waals surface area contributed by atoms with Crippen LogP contribution in [0.15, 0.2) is 158 Å². The van der Waals surface area contributed by atoms with Crippen LogP contribution in [-0.4, -0.2) is 21.2 Å². The van der Waals surface area contributed by atoms with Gasteiger partial charge in [0.05, 0.1) is 5.52 Å². The maximum absolute atomic E-state index is 6.51. The Morgan fingerprint density at radius 2 is 1.40 bits per heavy atom. The molecule has 52 heavy (non-hydrogen) atoms. The van der Waals surface area contributed by atoms with Crippen molar-refractivity contribution in [3.63, 3.8) is 0 Å². The van der Waals surface area contributed by atoms with E-state index in [1.54, 1.807) is 0 Å². The topological polar surface area (TPSA) is 38.5 Å². The second-order valence-electron chi connectivity index (χ2n) is 12.7. The Hall–Kier alpha value is -6.10. The van der Waals surface area contributed by atoms with E-state index in [4.69, 9.17) is 9.72 Å². The Morgan fingerprint density at radius 3 is 2.25 bits per heavy atom. The fourth-order valence-corrected chi connectivity index (χ4v) is 7.20. The molecule has 0 saturated heterocycles. The molecule has 7 heteroatoms. The van der Waals surface area contributed by atoms with Crippen molar-refractivity contribution in [2.75, 3.05) is 16.8 Å². The van der Waals surface area contributed by atoms with E-state index < -0.39 is 0 Å². The van der Waals surface area contributed by atoms with Gasteiger partial charge in [-0.3, -0.25) is 0 Å². The first-order valence-electron chi connectivity index (χ1n) is 16.9. The van der Waals surface area contributed by atoms with Crippen LogP contribution in [0.2, 0.25) is 0 Å². The Morgan fingerprint density at radius 1 is 0.635 bits per heavy atom. The van der Waals surface area contributed by atoms with Crippen molar-refractivity contribution in [1.82, 2.24) is 14.1 Å². The molecule has 0 unspecified atom stereocenters. The summed E-state index contributed by atoms with van der Waals surface area (Å²) in [6.07, 6.45) is 4.05. The zero-order chi connectivity index (χ0) is 33.9. The summed E-state index contributed by atoms with van der Waals surface area (Å²) >= 11 is 0. The van der Waals surface area contributed by atoms with Crippen molar-refractivity contribution in [3.8, 4) is 34.1 Å². The van der Waals surface area contributed by atoms with E-state index in [1.165, 1.54) is 5.56 Å². The number of fused-ring (bicyclic) bond motifs is 5. The average Bonchev–Trinajstić information content (AvgIpc) is 3.86. The summed E-state index contributed by atoms with van der Waals surface area (Å²) in [6, 6.07) is 57.3. The van der Waals surface area contributed by atoms with Gasteiger partial charge in [-0.1, -0.05) is 78.3 Å². The van der Waals surface area contributed by atoms with Gasteiger partial charge < -0.3 is 23.7 Å². The summed E-state index contributed by atoms with van der Waals surface area (Å²) in [5, 5.41) is 3.26. The van der Waals surface area contributed by atoms with Crippen molar-refractivity contribution in [1.29, 1.82) is 0 Å². The molecule has 0 atom stereocenters. The van der Waals surface area contributed by atoms with E-state index in [0.717, 1.165) is 66.8 Å². The summed E-state index contributed by atoms with van der Waals surface area (Å²) in [5.41, 5.74) is 9.57. The molecule has 0 radical (unpaired) electrons. The number of ether oxygens (including phenoxy) is 1. The summed E-state index contributed by atoms with van der Waals surface area (Å²) in [6.45, 7) is 2.07. The standard InChI is InChI=1S/C45H30N5O.Pt/c1-47-30-49(42-18-9-8-17-41(42)47)35-15-10-16-36(26-35)51-37-20-21-38-39-25-32(31-11-4-2-5-12-31)19-22-40(39)50(44(38)27-37)45-28-43-33(29-46-45)23-24-48(43)34-13-6-3-7-14-34;/h2-25,28-30H,1H3;/q-3;. The Labute approximate surface area is 316 Å². The third kappa shape index (κ3) is 5.35. The molecule has 254 valence electrons. The van der Waals surface area contributed by atoms with Crippen LogP contribution in [0.1, 0.15) is 0 Å². The average molecular weight is 852 g/mol. The minimum Gasteiger partial charge on any atom is -0.509 e. The van der Waals surface area contributed by atoms with Crippen molar-refractivity contribution in [2.45, 2.75) is 0 Å². The van der Waals surface area contributed by atoms with E-state index in [0.29, 0.717) is 11.5 Å². The van der Waals surface area contributed by atoms with Crippen LogP contribution in [-0.2, 0) is 21.1 Å². The number of rotatable bonds is 6. The summed E-state index contributed by atoms with van der Waals surface area (Å²) in [7, 11) is 2.05. The first-order chi connectivity index (χ1) is 25.2. The molecule has 0 saturated carbocycles. The predicted octanol–water partition coefficient (Wildman–Crippen LogP) is 10.9. The second kappa shape index (κ2) is 12.9. The number of hydrogen-bond acceptors (Lipinski definition) is 4. The number of pyridine rings is 1. The van der Waals surface area contributed by atoms with Crippen LogP contribution in [0.25, 0.3) is 55.3 Å². The summed E-state index contributed by atoms with van der Waals surface area (Å²) in [5.74, 6) is 2.01. The minimum atomic E-state index is 0. The Bertz CT molecular complexity index is 2740. The predicted molar refractivity (Wildman–Crippen MR) is 206 cm³/mol. The van der Waals surface area contributed by atoms with Crippen molar-refractivity contribution < 1.29 is 25.8 Å². The first-order valence-corrected chi connectivity index (χ1v) is 16.9. The molecule has 10 rings (SSSR count). The smallest absolute Gasteiger partial charge is 0.137 e. The molecule has 6 aromatic carbocycles. The first kappa shape index (κ1) is 31.8. The SMILES string of the molecule is CN1[CH-]N(c2[c-]c(Oc3[c-]c4c(cc3)c3cc(-c5ccccc5)ccc3n4-c3cc4c(ccn4-c4ccccc4)cn3)ccc2)c2ccccc21.[Pt]. The van der Waals surface area contributed by atoms with Gasteiger partial charge >= 0.3 is 0 Å². The van der Waals surface area contributed by atoms with Gasteiger partial charge in [0.2, 0.25) is 0 Å². The maximum atomic E-state index is 6.51. The van der Waals surface area contributed by atoms with Crippen LogP contribution in [0, 0.1) is 18.8 Å². The minimum absolute atomic E-state index is 0. The van der Waals surface area contributed by atoms with Crippen molar-refractivity contribution in [2.24, 2.45) is 0 Å². The van der Waals surface area contributed by atoms with Crippen LogP contribution >= 0.6 is 0 Å². The largest absolute Gasteiger partial charge is 0.509 e. The van der Waals surface area contributed by atoms with Crippen molar-refractivity contribution >= 4 is 49.8 Å². The quantitative estimate of drug-likeness (QED) is 0.156. The molecule has 0 aliphatic carbocycles. The van der Waals surface area contributed by atoms with Gasteiger partial charge in [0.1, 0.15) is 5.82 Å². The van der Waals surface area contributed by atoms with Crippen molar-refractivity contribution in [3.05, 3.63) is 177 Å². The van der Waals surface area contributed by atoms with Crippen LogP contribution in [0.3, 0.4) is 0 Å². The third-order valence-electron chi connectivity index (χ3n) is 9.62. The normalized spacial score (nSPS) is 12.4. The van der Waals surface area contributed by atoms with E-state index in [-0.39, 0.29) is 21.1 Å². The molecule has 4 heterocycles. The molecule has 0 fully saturated rings. The Kier molecular flexibility index (Phi) is 7.90. The zero-order valence-electron chi connectivity index (χ0n) is 28.0. The van der Waals surface area contributed by atoms with Gasteiger partial charge in [-0.25, -0.2) is 4.98 Å². The monoisotopic (exact) mass is 851 g/mol. The maximum Gasteiger partial charge on any atom is 0.137 e. The fourth-order valence-electron chi connectivity index (χ4n) is 7.20. The number of hydrogen-bond donors (Lipinski definition) is 0. The third-order valence-corrected chi connectivity index (χ3v) is 9.62. The van der Waals surface area contributed by atoms with E-state index in [2.05, 4.69) is 160 Å². The van der Waals surface area contributed by atoms with Gasteiger partial charge in [0.15, 0.2) is 0 Å². The number of aromatic nitrogens is 3. The molecule has 9 aromatic rings. The molecule has 0 spiro atoms. The molecule has 1 aliphatic rings. The fraction of sp³-hybridized carbons (Fsp3) is 0.0222. The number of anilines is 3. The molecule has 0 N–H and O–H groups in total. The van der Waals surface area contributed by atoms with Crippen LogP contribution < -0.4 is 14.5 Å².